The summed E-state index contributed by atoms with van der Waals surface area (Å²) in [5.41, 5.74) is 2.21. The molecule has 4 rings (SSSR count). The lowest BCUT2D eigenvalue weighted by atomic mass is 10.0. The summed E-state index contributed by atoms with van der Waals surface area (Å²) < 4.78 is 5.50. The van der Waals surface area contributed by atoms with E-state index in [0.29, 0.717) is 18.0 Å². The summed E-state index contributed by atoms with van der Waals surface area (Å²) in [6.07, 6.45) is 2.35. The summed E-state index contributed by atoms with van der Waals surface area (Å²) in [7, 11) is 0. The molecule has 6 nitrogen and oxygen atoms in total. The number of hydrogen-bond acceptors (Lipinski definition) is 6. The second-order valence-corrected chi connectivity index (χ2v) is 8.15. The first-order chi connectivity index (χ1) is 13.1. The van der Waals surface area contributed by atoms with Crippen molar-refractivity contribution >= 4 is 5.95 Å². The van der Waals surface area contributed by atoms with Gasteiger partial charge < -0.3 is 9.42 Å². The van der Waals surface area contributed by atoms with E-state index in [4.69, 9.17) is 4.52 Å². The summed E-state index contributed by atoms with van der Waals surface area (Å²) in [5, 5.41) is 4.23. The molecule has 2 aliphatic rings. The number of nitrogens with zero attached hydrogens (tertiary/aromatic N) is 5. The molecule has 1 aromatic heterocycles. The van der Waals surface area contributed by atoms with E-state index in [2.05, 4.69) is 57.7 Å². The molecule has 0 bridgehead atoms. The van der Waals surface area contributed by atoms with E-state index in [9.17, 15) is 0 Å². The van der Waals surface area contributed by atoms with Crippen LogP contribution in [0, 0.1) is 6.92 Å². The summed E-state index contributed by atoms with van der Waals surface area (Å²) in [6, 6.07) is 9.58. The van der Waals surface area contributed by atoms with Gasteiger partial charge in [0, 0.05) is 56.9 Å². The number of hydrogen-bond donors (Lipinski definition) is 0. The van der Waals surface area contributed by atoms with Gasteiger partial charge in [-0.2, -0.15) is 4.98 Å². The maximum absolute atomic E-state index is 5.50. The number of benzene rings is 1. The van der Waals surface area contributed by atoms with Crippen molar-refractivity contribution in [2.24, 2.45) is 0 Å². The molecule has 146 valence electrons. The summed E-state index contributed by atoms with van der Waals surface area (Å²) in [6.45, 7) is 13.5. The molecule has 2 saturated heterocycles. The summed E-state index contributed by atoms with van der Waals surface area (Å²) in [5.74, 6) is 1.34. The summed E-state index contributed by atoms with van der Waals surface area (Å²) in [4.78, 5) is 12.2. The van der Waals surface area contributed by atoms with Crippen LogP contribution >= 0.6 is 0 Å². The van der Waals surface area contributed by atoms with Gasteiger partial charge in [-0.25, -0.2) is 0 Å². The van der Waals surface area contributed by atoms with Gasteiger partial charge in [-0.3, -0.25) is 9.80 Å². The average Bonchev–Trinajstić information content (AvgIpc) is 3.19. The Morgan fingerprint density at radius 2 is 1.63 bits per heavy atom. The zero-order valence-electron chi connectivity index (χ0n) is 16.8. The SMILES string of the molecule is Cc1ccc(-c2nc(N3CCC(N4CCN(C(C)C)CC4)CC3)no2)cc1. The number of piperidine rings is 1. The van der Waals surface area contributed by atoms with Crippen LogP contribution in [0.2, 0.25) is 0 Å². The monoisotopic (exact) mass is 369 g/mol. The lowest BCUT2D eigenvalue weighted by Gasteiger charge is -2.43. The topological polar surface area (TPSA) is 48.6 Å². The number of rotatable bonds is 4. The molecule has 2 fully saturated rings. The van der Waals surface area contributed by atoms with Crippen LogP contribution in [-0.2, 0) is 0 Å². The van der Waals surface area contributed by atoms with Crippen molar-refractivity contribution in [3.05, 3.63) is 29.8 Å². The largest absolute Gasteiger partial charge is 0.338 e. The predicted molar refractivity (Wildman–Crippen MR) is 108 cm³/mol. The van der Waals surface area contributed by atoms with E-state index >= 15 is 0 Å². The van der Waals surface area contributed by atoms with Crippen molar-refractivity contribution in [2.45, 2.75) is 45.7 Å². The first-order valence-electron chi connectivity index (χ1n) is 10.2. The fraction of sp³-hybridized carbons (Fsp3) is 0.619. The minimum absolute atomic E-state index is 0.608. The van der Waals surface area contributed by atoms with Crippen LogP contribution in [0.4, 0.5) is 5.95 Å². The van der Waals surface area contributed by atoms with E-state index in [1.807, 2.05) is 12.1 Å². The third-order valence-corrected chi connectivity index (χ3v) is 6.06. The van der Waals surface area contributed by atoms with Crippen molar-refractivity contribution in [3.8, 4) is 11.5 Å². The molecule has 1 aromatic carbocycles. The lowest BCUT2D eigenvalue weighted by Crippen LogP contribution is -2.54. The van der Waals surface area contributed by atoms with E-state index in [1.54, 1.807) is 0 Å². The Morgan fingerprint density at radius 1 is 0.963 bits per heavy atom. The second kappa shape index (κ2) is 7.98. The smallest absolute Gasteiger partial charge is 0.266 e. The zero-order chi connectivity index (χ0) is 18.8. The zero-order valence-corrected chi connectivity index (χ0v) is 16.8. The quantitative estimate of drug-likeness (QED) is 0.826. The molecule has 0 saturated carbocycles. The van der Waals surface area contributed by atoms with Gasteiger partial charge in [-0.15, -0.1) is 0 Å². The molecule has 0 N–H and O–H groups in total. The Kier molecular flexibility index (Phi) is 5.45. The van der Waals surface area contributed by atoms with Crippen LogP contribution in [0.3, 0.4) is 0 Å². The third-order valence-electron chi connectivity index (χ3n) is 6.06. The highest BCUT2D eigenvalue weighted by Gasteiger charge is 2.29. The van der Waals surface area contributed by atoms with Crippen LogP contribution in [0.25, 0.3) is 11.5 Å². The Hall–Kier alpha value is -1.92. The van der Waals surface area contributed by atoms with E-state index in [0.717, 1.165) is 24.6 Å². The van der Waals surface area contributed by atoms with Crippen molar-refractivity contribution in [2.75, 3.05) is 44.2 Å². The number of piperazine rings is 1. The van der Waals surface area contributed by atoms with E-state index in [1.165, 1.54) is 44.6 Å². The van der Waals surface area contributed by atoms with Gasteiger partial charge in [-0.05, 0) is 50.9 Å². The van der Waals surface area contributed by atoms with Gasteiger partial charge in [0.2, 0.25) is 0 Å². The highest BCUT2D eigenvalue weighted by atomic mass is 16.5. The van der Waals surface area contributed by atoms with Gasteiger partial charge >= 0.3 is 0 Å². The van der Waals surface area contributed by atoms with Crippen LogP contribution in [-0.4, -0.2) is 71.3 Å². The normalized spacial score (nSPS) is 20.5. The van der Waals surface area contributed by atoms with Gasteiger partial charge in [0.15, 0.2) is 0 Å². The Balaban J connectivity index is 1.31. The minimum Gasteiger partial charge on any atom is -0.338 e. The minimum atomic E-state index is 0.608. The fourth-order valence-corrected chi connectivity index (χ4v) is 4.21. The Bertz CT molecular complexity index is 725. The van der Waals surface area contributed by atoms with Gasteiger partial charge in [0.25, 0.3) is 11.8 Å². The third kappa shape index (κ3) is 4.17. The predicted octanol–water partition coefficient (Wildman–Crippen LogP) is 3.04. The highest BCUT2D eigenvalue weighted by molar-refractivity contribution is 5.54. The van der Waals surface area contributed by atoms with Crippen LogP contribution < -0.4 is 4.90 Å². The molecule has 6 heteroatoms. The average molecular weight is 370 g/mol. The highest BCUT2D eigenvalue weighted by Crippen LogP contribution is 2.25. The van der Waals surface area contributed by atoms with E-state index in [-0.39, 0.29) is 0 Å². The maximum Gasteiger partial charge on any atom is 0.266 e. The van der Waals surface area contributed by atoms with Gasteiger partial charge in [0.1, 0.15) is 0 Å². The molecule has 0 amide bonds. The van der Waals surface area contributed by atoms with Gasteiger partial charge in [0.05, 0.1) is 0 Å². The molecule has 0 unspecified atom stereocenters. The van der Waals surface area contributed by atoms with Crippen LogP contribution in [0.5, 0.6) is 0 Å². The molecule has 0 aliphatic carbocycles. The molecule has 0 atom stereocenters. The Labute approximate surface area is 162 Å². The first-order valence-corrected chi connectivity index (χ1v) is 10.2. The van der Waals surface area contributed by atoms with Crippen LogP contribution in [0.1, 0.15) is 32.3 Å². The van der Waals surface area contributed by atoms with Crippen molar-refractivity contribution < 1.29 is 4.52 Å². The summed E-state index contributed by atoms with van der Waals surface area (Å²) >= 11 is 0. The molecule has 27 heavy (non-hydrogen) atoms. The molecule has 3 heterocycles. The Morgan fingerprint density at radius 3 is 2.26 bits per heavy atom. The molecular weight excluding hydrogens is 338 g/mol. The van der Waals surface area contributed by atoms with Crippen molar-refractivity contribution in [1.29, 1.82) is 0 Å². The van der Waals surface area contributed by atoms with Gasteiger partial charge in [-0.1, -0.05) is 17.7 Å². The standard InChI is InChI=1S/C21H31N5O/c1-16(2)24-12-14-25(15-13-24)19-8-10-26(11-9-19)21-22-20(27-23-21)18-6-4-17(3)5-7-18/h4-7,16,19H,8-15H2,1-3H3. The number of aromatic nitrogens is 2. The second-order valence-electron chi connectivity index (χ2n) is 8.15. The van der Waals surface area contributed by atoms with Crippen LogP contribution in [0.15, 0.2) is 28.8 Å². The van der Waals surface area contributed by atoms with E-state index < -0.39 is 0 Å². The number of anilines is 1. The maximum atomic E-state index is 5.50. The lowest BCUT2D eigenvalue weighted by molar-refractivity contribution is 0.0691. The van der Waals surface area contributed by atoms with Crippen molar-refractivity contribution in [1.82, 2.24) is 19.9 Å². The molecule has 2 aliphatic heterocycles. The molecule has 0 spiro atoms. The molecular formula is C21H31N5O. The molecule has 0 radical (unpaired) electrons. The fourth-order valence-electron chi connectivity index (χ4n) is 4.21. The molecule has 2 aromatic rings. The number of aryl methyl sites for hydroxylation is 1. The van der Waals surface area contributed by atoms with Crippen molar-refractivity contribution in [3.63, 3.8) is 0 Å². The first kappa shape index (κ1) is 18.4.